The zero-order valence-corrected chi connectivity index (χ0v) is 15.1. The van der Waals surface area contributed by atoms with Crippen LogP contribution in [0.3, 0.4) is 0 Å². The lowest BCUT2D eigenvalue weighted by Crippen LogP contribution is -1.76. The molecule has 0 bridgehead atoms. The van der Waals surface area contributed by atoms with E-state index in [2.05, 4.69) is 70.8 Å². The summed E-state index contributed by atoms with van der Waals surface area (Å²) in [5, 5.41) is 7.38. The highest BCUT2D eigenvalue weighted by molar-refractivity contribution is 7.22. The van der Waals surface area contributed by atoms with Crippen LogP contribution in [0.1, 0.15) is 0 Å². The number of fused-ring (bicyclic) bond motifs is 3. The molecule has 0 saturated heterocycles. The fourth-order valence-electron chi connectivity index (χ4n) is 3.59. The first-order valence-electron chi connectivity index (χ1n) is 8.80. The predicted molar refractivity (Wildman–Crippen MR) is 112 cm³/mol. The van der Waals surface area contributed by atoms with E-state index in [1.165, 1.54) is 25.9 Å². The second-order valence-electron chi connectivity index (χ2n) is 6.71. The van der Waals surface area contributed by atoms with Gasteiger partial charge < -0.3 is 9.51 Å². The van der Waals surface area contributed by atoms with Gasteiger partial charge >= 0.3 is 0 Å². The van der Waals surface area contributed by atoms with E-state index in [9.17, 15) is 0 Å². The maximum absolute atomic E-state index is 5.30. The summed E-state index contributed by atoms with van der Waals surface area (Å²) in [4.78, 5) is 4.81. The van der Waals surface area contributed by atoms with Crippen molar-refractivity contribution in [3.8, 4) is 21.7 Å². The third-order valence-corrected chi connectivity index (χ3v) is 6.16. The number of nitrogens with one attached hydrogen (secondary N) is 1. The van der Waals surface area contributed by atoms with Gasteiger partial charge in [-0.3, -0.25) is 0 Å². The minimum atomic E-state index is 0.803. The number of H-pyrrole nitrogens is 1. The molecule has 128 valence electrons. The Labute approximate surface area is 158 Å². The van der Waals surface area contributed by atoms with Gasteiger partial charge in [0.2, 0.25) is 0 Å². The predicted octanol–water partition coefficient (Wildman–Crippen LogP) is 6.86. The average molecular weight is 366 g/mol. The molecule has 1 N–H and O–H groups in total. The molecule has 0 amide bonds. The van der Waals surface area contributed by atoms with E-state index in [0.29, 0.717) is 0 Å². The SMILES string of the molecule is c1ccc2sc(-c3ccc4[nH]c(-c5ccc6cnoc6c5)cc4c3)cc2c1. The Hall–Kier alpha value is -3.37. The maximum atomic E-state index is 5.30. The van der Waals surface area contributed by atoms with Gasteiger partial charge in [0.05, 0.1) is 6.20 Å². The standard InChI is InChI=1S/C23H14N2OS/c1-2-4-22-15(3-1)12-23(27-22)16-7-8-19-18(9-16)10-20(25-19)14-5-6-17-13-24-26-21(17)11-14/h1-13,25H. The number of nitrogens with zero attached hydrogens (tertiary/aromatic N) is 1. The number of aromatic nitrogens is 2. The minimum absolute atomic E-state index is 0.803. The first-order chi connectivity index (χ1) is 13.3. The van der Waals surface area contributed by atoms with Crippen LogP contribution in [0.4, 0.5) is 0 Å². The van der Waals surface area contributed by atoms with Crippen LogP contribution < -0.4 is 0 Å². The van der Waals surface area contributed by atoms with Gasteiger partial charge in [-0.15, -0.1) is 11.3 Å². The van der Waals surface area contributed by atoms with Crippen molar-refractivity contribution in [3.05, 3.63) is 79.0 Å². The minimum Gasteiger partial charge on any atom is -0.356 e. The molecule has 3 heterocycles. The highest BCUT2D eigenvalue weighted by atomic mass is 32.1. The molecule has 3 aromatic heterocycles. The van der Waals surface area contributed by atoms with Crippen LogP contribution in [0, 0.1) is 0 Å². The molecule has 3 nitrogen and oxygen atoms in total. The van der Waals surface area contributed by atoms with Gasteiger partial charge in [-0.25, -0.2) is 0 Å². The van der Waals surface area contributed by atoms with Crippen LogP contribution >= 0.6 is 11.3 Å². The molecular formula is C23H14N2OS. The van der Waals surface area contributed by atoms with E-state index < -0.39 is 0 Å². The smallest absolute Gasteiger partial charge is 0.167 e. The molecule has 0 unspecified atom stereocenters. The van der Waals surface area contributed by atoms with Gasteiger partial charge in [-0.1, -0.05) is 35.5 Å². The second kappa shape index (κ2) is 5.56. The largest absolute Gasteiger partial charge is 0.356 e. The van der Waals surface area contributed by atoms with Gasteiger partial charge in [0, 0.05) is 37.1 Å². The summed E-state index contributed by atoms with van der Waals surface area (Å²) in [5.74, 6) is 0. The van der Waals surface area contributed by atoms with Gasteiger partial charge in [-0.2, -0.15) is 0 Å². The van der Waals surface area contributed by atoms with Crippen molar-refractivity contribution >= 4 is 43.3 Å². The Morgan fingerprint density at radius 3 is 2.67 bits per heavy atom. The van der Waals surface area contributed by atoms with Crippen LogP contribution in [0.15, 0.2) is 83.5 Å². The van der Waals surface area contributed by atoms with Crippen molar-refractivity contribution in [1.82, 2.24) is 10.1 Å². The molecule has 0 radical (unpaired) electrons. The molecule has 27 heavy (non-hydrogen) atoms. The quantitative estimate of drug-likeness (QED) is 0.364. The lowest BCUT2D eigenvalue weighted by Gasteiger charge is -1.97. The Morgan fingerprint density at radius 2 is 1.70 bits per heavy atom. The van der Waals surface area contributed by atoms with E-state index in [1.807, 2.05) is 23.5 Å². The zero-order chi connectivity index (χ0) is 17.8. The van der Waals surface area contributed by atoms with E-state index in [1.54, 1.807) is 6.20 Å². The number of benzene rings is 3. The number of thiophene rings is 1. The summed E-state index contributed by atoms with van der Waals surface area (Å²) in [6.07, 6.45) is 1.74. The summed E-state index contributed by atoms with van der Waals surface area (Å²) >= 11 is 1.83. The first kappa shape index (κ1) is 14.8. The zero-order valence-electron chi connectivity index (χ0n) is 14.3. The maximum Gasteiger partial charge on any atom is 0.167 e. The van der Waals surface area contributed by atoms with Crippen molar-refractivity contribution < 1.29 is 4.52 Å². The summed E-state index contributed by atoms with van der Waals surface area (Å²) in [7, 11) is 0. The molecule has 0 spiro atoms. The normalized spacial score (nSPS) is 11.7. The number of aromatic amines is 1. The molecule has 6 aromatic rings. The summed E-state index contributed by atoms with van der Waals surface area (Å²) < 4.78 is 6.62. The van der Waals surface area contributed by atoms with Gasteiger partial charge in [-0.05, 0) is 53.4 Å². The topological polar surface area (TPSA) is 41.8 Å². The highest BCUT2D eigenvalue weighted by Crippen LogP contribution is 2.35. The van der Waals surface area contributed by atoms with Crippen LogP contribution in [-0.2, 0) is 0 Å². The molecule has 0 aliphatic heterocycles. The van der Waals surface area contributed by atoms with Crippen molar-refractivity contribution in [1.29, 1.82) is 0 Å². The van der Waals surface area contributed by atoms with E-state index in [4.69, 9.17) is 4.52 Å². The van der Waals surface area contributed by atoms with Crippen molar-refractivity contribution in [2.45, 2.75) is 0 Å². The molecule has 0 fully saturated rings. The molecule has 0 atom stereocenters. The molecule has 0 saturated carbocycles. The Bertz CT molecular complexity index is 1400. The summed E-state index contributed by atoms with van der Waals surface area (Å²) in [6, 6.07) is 25.8. The number of hydrogen-bond acceptors (Lipinski definition) is 3. The molecular weight excluding hydrogens is 352 g/mol. The second-order valence-corrected chi connectivity index (χ2v) is 7.80. The fraction of sp³-hybridized carbons (Fsp3) is 0. The van der Waals surface area contributed by atoms with Crippen molar-refractivity contribution in [3.63, 3.8) is 0 Å². The van der Waals surface area contributed by atoms with E-state index in [0.717, 1.165) is 27.7 Å². The number of rotatable bonds is 2. The van der Waals surface area contributed by atoms with Crippen LogP contribution in [0.2, 0.25) is 0 Å². The fourth-order valence-corrected chi connectivity index (χ4v) is 4.65. The van der Waals surface area contributed by atoms with E-state index >= 15 is 0 Å². The molecule has 4 heteroatoms. The molecule has 6 rings (SSSR count). The summed E-state index contributed by atoms with van der Waals surface area (Å²) in [5.41, 5.74) is 5.36. The Balaban J connectivity index is 1.46. The summed E-state index contributed by atoms with van der Waals surface area (Å²) in [6.45, 7) is 0. The van der Waals surface area contributed by atoms with Crippen LogP contribution in [0.5, 0.6) is 0 Å². The van der Waals surface area contributed by atoms with Crippen LogP contribution in [-0.4, -0.2) is 10.1 Å². The Kier molecular flexibility index (Phi) is 3.04. The Morgan fingerprint density at radius 1 is 0.778 bits per heavy atom. The highest BCUT2D eigenvalue weighted by Gasteiger charge is 2.09. The molecule has 0 aliphatic rings. The average Bonchev–Trinajstić information content (AvgIpc) is 3.42. The van der Waals surface area contributed by atoms with Gasteiger partial charge in [0.25, 0.3) is 0 Å². The van der Waals surface area contributed by atoms with Gasteiger partial charge in [0.15, 0.2) is 5.58 Å². The molecule has 0 aliphatic carbocycles. The first-order valence-corrected chi connectivity index (χ1v) is 9.62. The lowest BCUT2D eigenvalue weighted by molar-refractivity contribution is 0.456. The monoisotopic (exact) mass is 366 g/mol. The van der Waals surface area contributed by atoms with Crippen molar-refractivity contribution in [2.24, 2.45) is 0 Å². The van der Waals surface area contributed by atoms with Crippen LogP contribution in [0.25, 0.3) is 53.7 Å². The van der Waals surface area contributed by atoms with E-state index in [-0.39, 0.29) is 0 Å². The van der Waals surface area contributed by atoms with Gasteiger partial charge in [0.1, 0.15) is 0 Å². The third-order valence-electron chi connectivity index (χ3n) is 5.00. The third kappa shape index (κ3) is 2.38. The lowest BCUT2D eigenvalue weighted by atomic mass is 10.1. The molecule has 3 aromatic carbocycles. The number of hydrogen-bond donors (Lipinski definition) is 1. The van der Waals surface area contributed by atoms with Crippen molar-refractivity contribution in [2.75, 3.05) is 0 Å².